The van der Waals surface area contributed by atoms with E-state index in [0.717, 1.165) is 117 Å². The second-order valence-electron chi connectivity index (χ2n) is 36.1. The fraction of sp³-hybridized carbons (Fsp3) is 0.365. The van der Waals surface area contributed by atoms with E-state index in [1.54, 1.807) is 141 Å². The summed E-state index contributed by atoms with van der Waals surface area (Å²) in [7, 11) is 11.2. The van der Waals surface area contributed by atoms with E-state index in [-0.39, 0.29) is 87.6 Å². The number of H-pyrrole nitrogens is 1. The smallest absolute Gasteiger partial charge is 0.329 e. The van der Waals surface area contributed by atoms with Crippen molar-refractivity contribution in [2.45, 2.75) is 197 Å². The van der Waals surface area contributed by atoms with Gasteiger partial charge in [-0.05, 0) is 139 Å². The first-order valence-electron chi connectivity index (χ1n) is 48.6. The van der Waals surface area contributed by atoms with Gasteiger partial charge in [0.2, 0.25) is 0 Å². The number of urea groups is 2. The van der Waals surface area contributed by atoms with Crippen molar-refractivity contribution in [1.29, 1.82) is 0 Å². The molecule has 0 atom stereocenters. The molecule has 5 heterocycles. The van der Waals surface area contributed by atoms with Gasteiger partial charge in [0.15, 0.2) is 11.6 Å². The number of hydrogen-bond donors (Lipinski definition) is 7. The molecule has 12 aromatic rings. The Bertz CT molecular complexity index is 6340. The highest BCUT2D eigenvalue weighted by atomic mass is 79.9. The van der Waals surface area contributed by atoms with Crippen LogP contribution in [0.4, 0.5) is 73.4 Å². The Morgan fingerprint density at radius 3 is 1.00 bits per heavy atom. The summed E-state index contributed by atoms with van der Waals surface area (Å²) >= 11 is 8.29. The molecule has 0 spiro atoms. The van der Waals surface area contributed by atoms with Crippen molar-refractivity contribution in [1.82, 2.24) is 78.0 Å². The number of aromatic nitrogens is 10. The summed E-state index contributed by atoms with van der Waals surface area (Å²) in [5.41, 5.74) is 25.9. The molecule has 0 bridgehead atoms. The maximum absolute atomic E-state index is 12.6. The number of nitro groups is 4. The van der Waals surface area contributed by atoms with Crippen LogP contribution in [0.3, 0.4) is 0 Å². The van der Waals surface area contributed by atoms with Crippen molar-refractivity contribution >= 4 is 133 Å². The minimum atomic E-state index is -0.619. The third-order valence-electron chi connectivity index (χ3n) is 26.0. The molecule has 6 saturated carbocycles. The summed E-state index contributed by atoms with van der Waals surface area (Å²) in [4.78, 5) is 177. The number of benzene rings is 7. The summed E-state index contributed by atoms with van der Waals surface area (Å²) in [6, 6.07) is 46.8. The average molecular weight is 2150 g/mol. The minimum absolute atomic E-state index is 0. The summed E-state index contributed by atoms with van der Waals surface area (Å²) in [5, 5.41) is 50.1. The summed E-state index contributed by atoms with van der Waals surface area (Å²) in [5.74, 6) is -0.331. The van der Waals surface area contributed by atoms with Crippen LogP contribution in [0.2, 0.25) is 0 Å². The van der Waals surface area contributed by atoms with E-state index in [1.165, 1.54) is 184 Å². The quantitative estimate of drug-likeness (QED) is 0.00708. The number of nitrogens with two attached hydrogens (primary N) is 3. The predicted octanol–water partition coefficient (Wildman–Crippen LogP) is 21.8. The first-order valence-corrected chi connectivity index (χ1v) is 50.1. The van der Waals surface area contributed by atoms with E-state index < -0.39 is 31.8 Å². The fourth-order valence-electron chi connectivity index (χ4n) is 17.7. The van der Waals surface area contributed by atoms with Gasteiger partial charge in [0.05, 0.1) is 66.0 Å². The Balaban J connectivity index is 0.000000190. The van der Waals surface area contributed by atoms with Gasteiger partial charge in [-0.15, -0.1) is 12.4 Å². The van der Waals surface area contributed by atoms with Gasteiger partial charge in [-0.3, -0.25) is 73.1 Å². The number of Topliss-reactive ketones (excluding diaryl/α,β-unsaturated/α-hetero) is 2. The lowest BCUT2D eigenvalue weighted by atomic mass is 10.1. The number of nitro benzene ring substituents is 4. The van der Waals surface area contributed by atoms with Crippen LogP contribution in [-0.4, -0.2) is 229 Å². The fourth-order valence-corrected chi connectivity index (χ4v) is 18.1. The molecule has 149 heavy (non-hydrogen) atoms. The van der Waals surface area contributed by atoms with Crippen LogP contribution in [0.1, 0.15) is 182 Å². The Hall–Kier alpha value is -15.8. The van der Waals surface area contributed by atoms with E-state index in [2.05, 4.69) is 68.8 Å². The summed E-state index contributed by atoms with van der Waals surface area (Å²) in [6.07, 6.45) is 44.4. The van der Waals surface area contributed by atoms with Gasteiger partial charge < -0.3 is 62.6 Å². The summed E-state index contributed by atoms with van der Waals surface area (Å²) < 4.78 is 5.99. The van der Waals surface area contributed by atoms with E-state index in [1.807, 2.05) is 69.5 Å². The van der Waals surface area contributed by atoms with Gasteiger partial charge in [0.25, 0.3) is 22.7 Å². The number of rotatable bonds is 20. The normalized spacial score (nSPS) is 14.1. The van der Waals surface area contributed by atoms with Gasteiger partial charge in [-0.1, -0.05) is 178 Å². The van der Waals surface area contributed by atoms with Crippen LogP contribution in [0.25, 0.3) is 56.3 Å². The Kier molecular flexibility index (Phi) is 45.9. The number of amides is 9. The highest BCUT2D eigenvalue weighted by Crippen LogP contribution is 2.33. The predicted molar refractivity (Wildman–Crippen MR) is 576 cm³/mol. The number of nitrogens with zero attached hydrogens (tertiary/aromatic N) is 18. The SMILES string of the molecule is CC(=O)c1cccc([N+](=O)[O-])c1.CN(C(=O)Cl)C1CCCC1.CN(C(=O)n1cnc(-c2cccc(N)c2)c1)C1CCCC1.CN(C(=O)n1cnc(-c2cccc(NC(N)=O)c2)c1)C1CCCC1.CN(C(=O)n1cnc(-c2cccc(NC(N)=O)c2)c1)C1CCCC1.CN(C(=O)n1cnc(-c2cccc([N+](=O)[O-])c2)c1)C1CCCC1.CNC1CCCC1.Cl.O=C(CBr)c1cccc([N+](=O)[O-])c1.O=[N+]([O-])c1cccc(-c2cnc[nH]2)c1. The molecule has 0 saturated heterocycles. The number of anilines is 3. The molecule has 9 amide bonds. The van der Waals surface area contributed by atoms with Gasteiger partial charge >= 0.3 is 41.6 Å². The number of carbonyl (C=O) groups excluding carboxylic acids is 9. The van der Waals surface area contributed by atoms with Crippen LogP contribution in [0, 0.1) is 40.5 Å². The average Bonchev–Trinajstić information content (AvgIpc) is 1.70. The first-order chi connectivity index (χ1) is 71.0. The van der Waals surface area contributed by atoms with Gasteiger partial charge in [-0.25, -0.2) is 53.7 Å². The zero-order valence-corrected chi connectivity index (χ0v) is 87.1. The molecule has 6 aliphatic rings. The van der Waals surface area contributed by atoms with Crippen molar-refractivity contribution in [3.8, 4) is 56.3 Å². The highest BCUT2D eigenvalue weighted by molar-refractivity contribution is 9.09. The van der Waals surface area contributed by atoms with Gasteiger partial charge in [0, 0.05) is 201 Å². The second-order valence-corrected chi connectivity index (χ2v) is 37.0. The van der Waals surface area contributed by atoms with Crippen molar-refractivity contribution in [2.24, 2.45) is 11.5 Å². The lowest BCUT2D eigenvalue weighted by Crippen LogP contribution is -2.37. The van der Waals surface area contributed by atoms with Gasteiger partial charge in [-0.2, -0.15) is 0 Å². The molecule has 790 valence electrons. The largest absolute Gasteiger partial charge is 0.399 e. The molecule has 5 aromatic heterocycles. The molecule has 18 rings (SSSR count). The lowest BCUT2D eigenvalue weighted by Gasteiger charge is -2.23. The number of nitrogens with one attached hydrogen (secondary N) is 4. The number of ketones is 2. The number of imidazole rings is 5. The van der Waals surface area contributed by atoms with Crippen molar-refractivity contribution < 1.29 is 62.8 Å². The molecule has 0 unspecified atom stereocenters. The third-order valence-corrected chi connectivity index (χ3v) is 26.8. The maximum atomic E-state index is 12.6. The highest BCUT2D eigenvalue weighted by Gasteiger charge is 2.31. The van der Waals surface area contributed by atoms with Crippen LogP contribution < -0.4 is 33.2 Å². The van der Waals surface area contributed by atoms with Crippen LogP contribution in [-0.2, 0) is 0 Å². The number of hydrogen-bond acceptors (Lipinski definition) is 24. The number of nitrogen functional groups attached to an aromatic ring is 1. The molecular formula is C104H126BrCl2N25O17. The maximum Gasteiger partial charge on any atom is 0.329 e. The molecule has 7 aromatic carbocycles. The zero-order valence-electron chi connectivity index (χ0n) is 84.0. The number of carbonyl (C=O) groups is 9. The topological polar surface area (TPSA) is 556 Å². The molecule has 6 aliphatic carbocycles. The molecule has 6 fully saturated rings. The minimum Gasteiger partial charge on any atom is -0.399 e. The Morgan fingerprint density at radius 1 is 0.409 bits per heavy atom. The number of primary amides is 2. The molecule has 10 N–H and O–H groups in total. The molecule has 45 heteroatoms. The van der Waals surface area contributed by atoms with E-state index in [9.17, 15) is 83.6 Å². The lowest BCUT2D eigenvalue weighted by molar-refractivity contribution is -0.385. The molecule has 0 aliphatic heterocycles. The zero-order chi connectivity index (χ0) is 107. The third kappa shape index (κ3) is 35.5. The standard InChI is InChI=1S/2C17H21N5O2.C16H18N4O3.C16H20N4O.C9H7N3O2.C8H6BrNO3.C8H7NO3.C7H12ClNO.C6H13N.ClH/c2*1-21(14-7-2-3-8-14)17(24)22-10-15(19-11-22)12-5-4-6-13(9-12)20-16(18)23;1-18(13-6-2-3-7-13)16(21)19-10-15(17-11-19)12-5-4-8-14(9-12)20(22)23;1-19(14-7-2-3-8-14)16(21)20-10-15(18-11-20)12-5-4-6-13(17)9-12;13-12(14)8-3-1-2-7(4-8)9-5-10-6-11-9;9-5-8(11)6-2-1-3-7(4-6)10(12)13;1-6(10)7-3-2-4-8(5-7)9(11)12;1-9(7(8)10)6-4-2-3-5-6;1-7-6-4-2-3-5-6;/h2*4-6,9-11,14H,2-3,7-8H2,1H3,(H3,18,20,23);4-5,8-11,13H,2-3,6-7H2,1H3;4-6,9-11,14H,2-3,7-8,17H2,1H3;1-6H,(H,10,11);1-4H,5H2;2-5H,1H3;6H,2-5H2,1H3;6-7H,2-5H2,1H3;1H. The van der Waals surface area contributed by atoms with Gasteiger partial charge in [0.1, 0.15) is 25.3 Å². The first kappa shape index (κ1) is 117. The number of halogens is 3. The van der Waals surface area contributed by atoms with E-state index in [4.69, 9.17) is 28.8 Å². The van der Waals surface area contributed by atoms with E-state index in [0.29, 0.717) is 75.0 Å². The number of non-ortho nitro benzene ring substituents is 4. The monoisotopic (exact) mass is 2150 g/mol. The van der Waals surface area contributed by atoms with Crippen molar-refractivity contribution in [3.05, 3.63) is 284 Å². The molecular weight excluding hydrogens is 2020 g/mol. The second kappa shape index (κ2) is 58.5. The number of aromatic amines is 1. The van der Waals surface area contributed by atoms with Crippen molar-refractivity contribution in [2.75, 3.05) is 64.0 Å². The van der Waals surface area contributed by atoms with Crippen molar-refractivity contribution in [3.63, 3.8) is 0 Å². The van der Waals surface area contributed by atoms with Crippen LogP contribution in [0.5, 0.6) is 0 Å². The number of alkyl halides is 1. The summed E-state index contributed by atoms with van der Waals surface area (Å²) in [6.45, 7) is 1.37. The Labute approximate surface area is 881 Å². The van der Waals surface area contributed by atoms with E-state index >= 15 is 0 Å². The molecule has 42 nitrogen and oxygen atoms in total. The Morgan fingerprint density at radius 2 is 0.698 bits per heavy atom. The van der Waals surface area contributed by atoms with Crippen LogP contribution >= 0.6 is 39.9 Å². The van der Waals surface area contributed by atoms with Crippen LogP contribution in [0.15, 0.2) is 232 Å². The molecule has 0 radical (unpaired) electrons.